The normalized spacial score (nSPS) is 15.2. The van der Waals surface area contributed by atoms with Crippen LogP contribution in [0.3, 0.4) is 0 Å². The number of amides is 1. The number of nitrogens with one attached hydrogen (secondary N) is 2. The molecule has 2 aromatic heterocycles. The molecule has 0 aromatic carbocycles. The Labute approximate surface area is 153 Å². The highest BCUT2D eigenvalue weighted by Gasteiger charge is 2.10. The SMILES string of the molecule is O=C(NC/C=C\COc1cc(CN2CCCCC2)ccn1)c1cn[nH]c1. The van der Waals surface area contributed by atoms with E-state index in [0.29, 0.717) is 24.6 Å². The Kier molecular flexibility index (Phi) is 6.78. The van der Waals surface area contributed by atoms with E-state index in [0.717, 1.165) is 6.54 Å². The third-order valence-corrected chi connectivity index (χ3v) is 4.29. The zero-order chi connectivity index (χ0) is 18.0. The number of carbonyl (C=O) groups excluding carboxylic acids is 1. The standard InChI is InChI=1S/C19H25N5O2/c25-19(17-13-22-23-14-17)21-7-2-5-11-26-18-12-16(6-8-20-18)15-24-9-3-1-4-10-24/h2,5-6,8,12-14H,1,3-4,7,9-11,15H2,(H,21,25)(H,22,23)/b5-2-. The zero-order valence-corrected chi connectivity index (χ0v) is 14.9. The maximum absolute atomic E-state index is 11.7. The monoisotopic (exact) mass is 355 g/mol. The highest BCUT2D eigenvalue weighted by molar-refractivity contribution is 5.93. The first kappa shape index (κ1) is 18.1. The van der Waals surface area contributed by atoms with E-state index in [1.807, 2.05) is 24.3 Å². The molecule has 26 heavy (non-hydrogen) atoms. The molecular formula is C19H25N5O2. The van der Waals surface area contributed by atoms with Gasteiger partial charge in [-0.1, -0.05) is 12.5 Å². The molecule has 138 valence electrons. The molecule has 2 aromatic rings. The van der Waals surface area contributed by atoms with Gasteiger partial charge in [-0.25, -0.2) is 4.98 Å². The fraction of sp³-hybridized carbons (Fsp3) is 0.421. The van der Waals surface area contributed by atoms with Crippen LogP contribution >= 0.6 is 0 Å². The summed E-state index contributed by atoms with van der Waals surface area (Å²) in [7, 11) is 0. The molecule has 2 N–H and O–H groups in total. The maximum Gasteiger partial charge on any atom is 0.254 e. The van der Waals surface area contributed by atoms with E-state index in [2.05, 4.69) is 25.4 Å². The minimum atomic E-state index is -0.156. The Morgan fingerprint density at radius 2 is 2.19 bits per heavy atom. The van der Waals surface area contributed by atoms with Crippen LogP contribution in [-0.2, 0) is 6.54 Å². The lowest BCUT2D eigenvalue weighted by Crippen LogP contribution is -2.29. The lowest BCUT2D eigenvalue weighted by Gasteiger charge is -2.26. The van der Waals surface area contributed by atoms with Gasteiger partial charge >= 0.3 is 0 Å². The van der Waals surface area contributed by atoms with Crippen LogP contribution in [0.4, 0.5) is 0 Å². The summed E-state index contributed by atoms with van der Waals surface area (Å²) < 4.78 is 5.67. The van der Waals surface area contributed by atoms with Crippen LogP contribution in [0.5, 0.6) is 5.88 Å². The second-order valence-electron chi connectivity index (χ2n) is 6.32. The van der Waals surface area contributed by atoms with Crippen molar-refractivity contribution >= 4 is 5.91 Å². The topological polar surface area (TPSA) is 83.1 Å². The summed E-state index contributed by atoms with van der Waals surface area (Å²) in [5, 5.41) is 9.13. The van der Waals surface area contributed by atoms with Crippen molar-refractivity contribution in [1.29, 1.82) is 0 Å². The molecule has 0 radical (unpaired) electrons. The number of nitrogens with zero attached hydrogens (tertiary/aromatic N) is 3. The molecule has 1 fully saturated rings. The highest BCUT2D eigenvalue weighted by Crippen LogP contribution is 2.15. The van der Waals surface area contributed by atoms with Crippen molar-refractivity contribution in [3.63, 3.8) is 0 Å². The molecule has 0 aliphatic carbocycles. The van der Waals surface area contributed by atoms with Crippen LogP contribution < -0.4 is 10.1 Å². The number of hydrogen-bond donors (Lipinski definition) is 2. The van der Waals surface area contributed by atoms with Gasteiger partial charge in [-0.3, -0.25) is 14.8 Å². The van der Waals surface area contributed by atoms with Crippen LogP contribution in [0, 0.1) is 0 Å². The van der Waals surface area contributed by atoms with Crippen LogP contribution in [0.2, 0.25) is 0 Å². The molecule has 0 spiro atoms. The Morgan fingerprint density at radius 1 is 1.31 bits per heavy atom. The Balaban J connectivity index is 1.37. The molecule has 0 atom stereocenters. The predicted octanol–water partition coefficient (Wildman–Crippen LogP) is 2.16. The van der Waals surface area contributed by atoms with Crippen molar-refractivity contribution < 1.29 is 9.53 Å². The number of pyridine rings is 1. The second kappa shape index (κ2) is 9.72. The molecule has 7 nitrogen and oxygen atoms in total. The number of piperidine rings is 1. The summed E-state index contributed by atoms with van der Waals surface area (Å²) in [5.74, 6) is 0.475. The largest absolute Gasteiger partial charge is 0.473 e. The van der Waals surface area contributed by atoms with Crippen molar-refractivity contribution in [2.24, 2.45) is 0 Å². The first-order valence-electron chi connectivity index (χ1n) is 9.03. The number of hydrogen-bond acceptors (Lipinski definition) is 5. The van der Waals surface area contributed by atoms with E-state index in [4.69, 9.17) is 4.74 Å². The van der Waals surface area contributed by atoms with Gasteiger partial charge in [0.15, 0.2) is 0 Å². The Morgan fingerprint density at radius 3 is 3.00 bits per heavy atom. The second-order valence-corrected chi connectivity index (χ2v) is 6.32. The highest BCUT2D eigenvalue weighted by atomic mass is 16.5. The number of rotatable bonds is 8. The third-order valence-electron chi connectivity index (χ3n) is 4.29. The number of aromatic amines is 1. The average molecular weight is 355 g/mol. The third kappa shape index (κ3) is 5.70. The van der Waals surface area contributed by atoms with Crippen molar-refractivity contribution in [2.75, 3.05) is 26.2 Å². The average Bonchev–Trinajstić information content (AvgIpc) is 3.20. The number of likely N-dealkylation sites (tertiary alicyclic amines) is 1. The van der Waals surface area contributed by atoms with E-state index in [-0.39, 0.29) is 5.91 Å². The van der Waals surface area contributed by atoms with Crippen molar-refractivity contribution in [3.05, 3.63) is 54.0 Å². The smallest absolute Gasteiger partial charge is 0.254 e. The summed E-state index contributed by atoms with van der Waals surface area (Å²) in [6.07, 6.45) is 12.5. The van der Waals surface area contributed by atoms with Gasteiger partial charge in [-0.15, -0.1) is 0 Å². The van der Waals surface area contributed by atoms with Crippen LogP contribution in [0.15, 0.2) is 42.9 Å². The number of aromatic nitrogens is 3. The number of ether oxygens (including phenoxy) is 1. The van der Waals surface area contributed by atoms with E-state index >= 15 is 0 Å². The first-order valence-corrected chi connectivity index (χ1v) is 9.03. The van der Waals surface area contributed by atoms with Gasteiger partial charge in [-0.05, 0) is 43.6 Å². The molecule has 3 heterocycles. The molecule has 7 heteroatoms. The van der Waals surface area contributed by atoms with Crippen molar-refractivity contribution in [1.82, 2.24) is 25.4 Å². The van der Waals surface area contributed by atoms with E-state index < -0.39 is 0 Å². The molecular weight excluding hydrogens is 330 g/mol. The molecule has 1 aliphatic rings. The molecule has 0 bridgehead atoms. The lowest BCUT2D eigenvalue weighted by atomic mass is 10.1. The van der Waals surface area contributed by atoms with Crippen LogP contribution in [0.1, 0.15) is 35.2 Å². The van der Waals surface area contributed by atoms with Gasteiger partial charge in [0.25, 0.3) is 5.91 Å². The quantitative estimate of drug-likeness (QED) is 0.709. The minimum absolute atomic E-state index is 0.156. The summed E-state index contributed by atoms with van der Waals surface area (Å²) in [6, 6.07) is 4.05. The Hall–Kier alpha value is -2.67. The van der Waals surface area contributed by atoms with Crippen LogP contribution in [0.25, 0.3) is 0 Å². The summed E-state index contributed by atoms with van der Waals surface area (Å²) in [4.78, 5) is 18.4. The van der Waals surface area contributed by atoms with Gasteiger partial charge in [-0.2, -0.15) is 5.10 Å². The maximum atomic E-state index is 11.7. The number of H-pyrrole nitrogens is 1. The molecule has 1 saturated heterocycles. The molecule has 0 unspecified atom stereocenters. The fourth-order valence-electron chi connectivity index (χ4n) is 2.92. The molecule has 0 saturated carbocycles. The number of carbonyl (C=O) groups is 1. The summed E-state index contributed by atoms with van der Waals surface area (Å²) in [5.41, 5.74) is 1.75. The van der Waals surface area contributed by atoms with Gasteiger partial charge in [0, 0.05) is 31.5 Å². The van der Waals surface area contributed by atoms with Crippen LogP contribution in [-0.4, -0.2) is 52.2 Å². The van der Waals surface area contributed by atoms with Gasteiger partial charge in [0.05, 0.1) is 11.8 Å². The lowest BCUT2D eigenvalue weighted by molar-refractivity contribution is 0.0958. The molecule has 3 rings (SSSR count). The summed E-state index contributed by atoms with van der Waals surface area (Å²) in [6.45, 7) is 4.16. The fourth-order valence-corrected chi connectivity index (χ4v) is 2.92. The van der Waals surface area contributed by atoms with E-state index in [9.17, 15) is 4.79 Å². The van der Waals surface area contributed by atoms with Crippen molar-refractivity contribution in [2.45, 2.75) is 25.8 Å². The first-order chi connectivity index (χ1) is 12.8. The molecule has 1 amide bonds. The van der Waals surface area contributed by atoms with Gasteiger partial charge in [0.1, 0.15) is 6.61 Å². The van der Waals surface area contributed by atoms with Gasteiger partial charge < -0.3 is 10.1 Å². The minimum Gasteiger partial charge on any atom is -0.473 e. The van der Waals surface area contributed by atoms with E-state index in [1.54, 1.807) is 12.4 Å². The summed E-state index contributed by atoms with van der Waals surface area (Å²) >= 11 is 0. The van der Waals surface area contributed by atoms with Crippen molar-refractivity contribution in [3.8, 4) is 5.88 Å². The van der Waals surface area contributed by atoms with Gasteiger partial charge in [0.2, 0.25) is 5.88 Å². The predicted molar refractivity (Wildman–Crippen MR) is 98.9 cm³/mol. The van der Waals surface area contributed by atoms with E-state index in [1.165, 1.54) is 44.1 Å². The zero-order valence-electron chi connectivity index (χ0n) is 14.9. The Bertz CT molecular complexity index is 708. The molecule has 1 aliphatic heterocycles.